The van der Waals surface area contributed by atoms with Gasteiger partial charge in [0, 0.05) is 51.2 Å². The average molecular weight is 528 g/mol. The van der Waals surface area contributed by atoms with Gasteiger partial charge < -0.3 is 34.4 Å². The molecule has 0 radical (unpaired) electrons. The van der Waals surface area contributed by atoms with Crippen LogP contribution < -0.4 is 24.8 Å². The van der Waals surface area contributed by atoms with Crippen LogP contribution in [0.2, 0.25) is 0 Å². The molecular formula is C30H33N5O4. The number of benzene rings is 3. The van der Waals surface area contributed by atoms with Crippen LogP contribution in [-0.2, 0) is 16.1 Å². The van der Waals surface area contributed by atoms with Crippen molar-refractivity contribution in [1.29, 1.82) is 0 Å². The Hall–Kier alpha value is -4.24. The van der Waals surface area contributed by atoms with Gasteiger partial charge in [0.2, 0.25) is 0 Å². The number of carbonyl (C=O) groups is 2. The first-order chi connectivity index (χ1) is 18.9. The number of hydrogen-bond acceptors (Lipinski definition) is 7. The number of nitrogens with zero attached hydrogens (tertiary/aromatic N) is 4. The van der Waals surface area contributed by atoms with Gasteiger partial charge in [-0.25, -0.2) is 0 Å². The summed E-state index contributed by atoms with van der Waals surface area (Å²) < 4.78 is 11.1. The summed E-state index contributed by atoms with van der Waals surface area (Å²) >= 11 is 0. The van der Waals surface area contributed by atoms with Crippen LogP contribution in [-0.4, -0.2) is 70.8 Å². The van der Waals surface area contributed by atoms with Crippen LogP contribution in [0.3, 0.4) is 0 Å². The largest absolute Gasteiger partial charge is 0.484 e. The second kappa shape index (κ2) is 10.1. The van der Waals surface area contributed by atoms with Crippen molar-refractivity contribution in [2.75, 3.05) is 74.1 Å². The maximum atomic E-state index is 13.3. The molecule has 6 rings (SSSR count). The highest BCUT2D eigenvalue weighted by Crippen LogP contribution is 2.43. The molecule has 3 aliphatic heterocycles. The van der Waals surface area contributed by atoms with Crippen molar-refractivity contribution < 1.29 is 19.1 Å². The molecule has 39 heavy (non-hydrogen) atoms. The van der Waals surface area contributed by atoms with Crippen molar-refractivity contribution in [1.82, 2.24) is 4.90 Å². The Bertz CT molecular complexity index is 1400. The maximum absolute atomic E-state index is 13.3. The van der Waals surface area contributed by atoms with Crippen molar-refractivity contribution in [3.05, 3.63) is 77.4 Å². The van der Waals surface area contributed by atoms with Gasteiger partial charge in [-0.1, -0.05) is 12.1 Å². The van der Waals surface area contributed by atoms with Crippen LogP contribution in [0.15, 0.2) is 60.7 Å². The highest BCUT2D eigenvalue weighted by atomic mass is 16.5. The molecule has 1 fully saturated rings. The van der Waals surface area contributed by atoms with Gasteiger partial charge in [0.25, 0.3) is 11.8 Å². The van der Waals surface area contributed by atoms with Crippen molar-refractivity contribution >= 4 is 34.6 Å². The molecule has 1 saturated heterocycles. The predicted octanol–water partition coefficient (Wildman–Crippen LogP) is 3.71. The van der Waals surface area contributed by atoms with Crippen molar-refractivity contribution in [2.45, 2.75) is 12.7 Å². The summed E-state index contributed by atoms with van der Waals surface area (Å²) in [5.41, 5.74) is 6.98. The summed E-state index contributed by atoms with van der Waals surface area (Å²) in [6.07, 6.45) is -0.0599. The van der Waals surface area contributed by atoms with Crippen LogP contribution >= 0.6 is 0 Å². The first-order valence-electron chi connectivity index (χ1n) is 13.2. The molecule has 0 bridgehead atoms. The summed E-state index contributed by atoms with van der Waals surface area (Å²) in [5, 5.41) is 3.58. The molecule has 1 N–H and O–H groups in total. The van der Waals surface area contributed by atoms with E-state index in [0.717, 1.165) is 65.7 Å². The fourth-order valence-electron chi connectivity index (χ4n) is 5.35. The van der Waals surface area contributed by atoms with Crippen molar-refractivity contribution in [3.63, 3.8) is 0 Å². The van der Waals surface area contributed by atoms with E-state index < -0.39 is 0 Å². The second-order valence-electron chi connectivity index (χ2n) is 10.3. The molecular weight excluding hydrogens is 494 g/mol. The molecule has 1 unspecified atom stereocenters. The van der Waals surface area contributed by atoms with E-state index in [1.165, 1.54) is 4.90 Å². The van der Waals surface area contributed by atoms with Crippen LogP contribution in [0.5, 0.6) is 5.75 Å². The molecule has 0 spiro atoms. The lowest BCUT2D eigenvalue weighted by Gasteiger charge is -2.29. The van der Waals surface area contributed by atoms with Gasteiger partial charge in [-0.3, -0.25) is 9.59 Å². The Morgan fingerprint density at radius 1 is 1.03 bits per heavy atom. The third kappa shape index (κ3) is 4.74. The Morgan fingerprint density at radius 2 is 1.77 bits per heavy atom. The Balaban J connectivity index is 1.16. The van der Waals surface area contributed by atoms with E-state index in [4.69, 9.17) is 9.47 Å². The minimum absolute atomic E-state index is 0.00969. The normalized spacial score (nSPS) is 18.1. The van der Waals surface area contributed by atoms with Gasteiger partial charge in [0.15, 0.2) is 6.61 Å². The monoisotopic (exact) mass is 527 g/mol. The quantitative estimate of drug-likeness (QED) is 0.524. The molecule has 202 valence electrons. The van der Waals surface area contributed by atoms with E-state index in [1.54, 1.807) is 14.1 Å². The third-order valence-electron chi connectivity index (χ3n) is 7.68. The zero-order valence-corrected chi connectivity index (χ0v) is 22.5. The number of fused-ring (bicyclic) bond motifs is 2. The number of anilines is 4. The maximum Gasteiger partial charge on any atom is 0.259 e. The minimum atomic E-state index is -0.0837. The molecule has 3 aromatic carbocycles. The standard InChI is InChI=1S/C30H33N5O4/c1-32(2)28(36)19-39-24-8-4-20(5-9-24)29-31-26-11-7-23(17-27(26)33(29)3)35-18-21-16-22(6-10-25(21)30(35)37)34-12-14-38-15-13-34/h4-11,16-17,29,31H,12-15,18-19H2,1-3H3. The first-order valence-corrected chi connectivity index (χ1v) is 13.2. The Kier molecular flexibility index (Phi) is 6.52. The van der Waals surface area contributed by atoms with E-state index in [0.29, 0.717) is 12.3 Å². The summed E-state index contributed by atoms with van der Waals surface area (Å²) in [4.78, 5) is 33.0. The number of hydrogen-bond donors (Lipinski definition) is 1. The summed E-state index contributed by atoms with van der Waals surface area (Å²) in [7, 11) is 5.46. The molecule has 9 nitrogen and oxygen atoms in total. The van der Waals surface area contributed by atoms with E-state index in [2.05, 4.69) is 27.2 Å². The minimum Gasteiger partial charge on any atom is -0.484 e. The highest BCUT2D eigenvalue weighted by molar-refractivity contribution is 6.10. The SMILES string of the molecule is CN(C)C(=O)COc1ccc(C2Nc3ccc(N4Cc5cc(N6CCOCC6)ccc5C4=O)cc3N2C)cc1. The lowest BCUT2D eigenvalue weighted by molar-refractivity contribution is -0.130. The Morgan fingerprint density at radius 3 is 2.51 bits per heavy atom. The first kappa shape index (κ1) is 25.1. The number of ether oxygens (including phenoxy) is 2. The molecule has 0 aliphatic carbocycles. The van der Waals surface area contributed by atoms with Crippen molar-refractivity contribution in [2.24, 2.45) is 0 Å². The van der Waals surface area contributed by atoms with Crippen LogP contribution in [0.1, 0.15) is 27.7 Å². The lowest BCUT2D eigenvalue weighted by atomic mass is 10.1. The number of amides is 2. The molecule has 2 amide bonds. The molecule has 9 heteroatoms. The molecule has 3 aromatic rings. The number of morpholine rings is 1. The number of nitrogens with one attached hydrogen (secondary N) is 1. The van der Waals surface area contributed by atoms with Crippen LogP contribution in [0, 0.1) is 0 Å². The molecule has 3 heterocycles. The fourth-order valence-corrected chi connectivity index (χ4v) is 5.35. The fraction of sp³-hybridized carbons (Fsp3) is 0.333. The number of likely N-dealkylation sites (N-methyl/N-ethyl adjacent to an activating group) is 1. The predicted molar refractivity (Wildman–Crippen MR) is 152 cm³/mol. The van der Waals surface area contributed by atoms with Gasteiger partial charge in [0.1, 0.15) is 11.9 Å². The average Bonchev–Trinajstić information content (AvgIpc) is 3.48. The van der Waals surface area contributed by atoms with Crippen LogP contribution in [0.25, 0.3) is 0 Å². The summed E-state index contributed by atoms with van der Waals surface area (Å²) in [6.45, 7) is 3.77. The molecule has 0 saturated carbocycles. The van der Waals surface area contributed by atoms with Crippen LogP contribution in [0.4, 0.5) is 22.7 Å². The lowest BCUT2D eigenvalue weighted by Crippen LogP contribution is -2.36. The molecule has 1 atom stereocenters. The zero-order chi connectivity index (χ0) is 27.1. The second-order valence-corrected chi connectivity index (χ2v) is 10.3. The number of rotatable bonds is 6. The van der Waals surface area contributed by atoms with Gasteiger partial charge >= 0.3 is 0 Å². The number of carbonyl (C=O) groups excluding carboxylic acids is 2. The third-order valence-corrected chi connectivity index (χ3v) is 7.68. The zero-order valence-electron chi connectivity index (χ0n) is 22.5. The Labute approximate surface area is 228 Å². The summed E-state index contributed by atoms with van der Waals surface area (Å²) in [5.74, 6) is 0.602. The van der Waals surface area contributed by atoms with E-state index in [9.17, 15) is 9.59 Å². The van der Waals surface area contributed by atoms with Gasteiger partial charge in [0.05, 0.1) is 31.1 Å². The summed E-state index contributed by atoms with van der Waals surface area (Å²) in [6, 6.07) is 20.1. The van der Waals surface area contributed by atoms with Crippen molar-refractivity contribution in [3.8, 4) is 5.75 Å². The van der Waals surface area contributed by atoms with Gasteiger partial charge in [-0.15, -0.1) is 0 Å². The highest BCUT2D eigenvalue weighted by Gasteiger charge is 2.32. The van der Waals surface area contributed by atoms with E-state index >= 15 is 0 Å². The topological polar surface area (TPSA) is 77.6 Å². The van der Waals surface area contributed by atoms with Gasteiger partial charge in [-0.2, -0.15) is 0 Å². The van der Waals surface area contributed by atoms with E-state index in [1.807, 2.05) is 60.5 Å². The molecule has 0 aromatic heterocycles. The van der Waals surface area contributed by atoms with Gasteiger partial charge in [-0.05, 0) is 59.7 Å². The van der Waals surface area contributed by atoms with E-state index in [-0.39, 0.29) is 24.6 Å². The molecule has 3 aliphatic rings. The smallest absolute Gasteiger partial charge is 0.259 e.